The molecule has 1 heterocycles. The Bertz CT molecular complexity index is 1030. The number of nitriles is 1. The number of carbonyl (C=O) groups excluding carboxylic acids is 2. The lowest BCUT2D eigenvalue weighted by molar-refractivity contribution is -0.125. The van der Waals surface area contributed by atoms with Gasteiger partial charge in [0.1, 0.15) is 11.8 Å². The zero-order chi connectivity index (χ0) is 23.7. The molecule has 3 rings (SSSR count). The molecule has 0 aromatic heterocycles. The van der Waals surface area contributed by atoms with E-state index in [0.29, 0.717) is 35.8 Å². The van der Waals surface area contributed by atoms with Crippen LogP contribution in [-0.2, 0) is 17.9 Å². The number of fused-ring (bicyclic) bond motifs is 1. The summed E-state index contributed by atoms with van der Waals surface area (Å²) in [6.45, 7) is 8.25. The van der Waals surface area contributed by atoms with E-state index in [-0.39, 0.29) is 11.8 Å². The van der Waals surface area contributed by atoms with Crippen molar-refractivity contribution in [3.05, 3.63) is 76.5 Å². The number of halogens is 1. The maximum absolute atomic E-state index is 12.6. The second-order valence-corrected chi connectivity index (χ2v) is 7.66. The van der Waals surface area contributed by atoms with E-state index in [1.54, 1.807) is 29.4 Å². The van der Waals surface area contributed by atoms with E-state index in [1.165, 1.54) is 6.20 Å². The van der Waals surface area contributed by atoms with E-state index in [4.69, 9.17) is 22.6 Å². The Balaban J connectivity index is 0.000000278. The molecule has 0 aliphatic carbocycles. The number of nitrogens with one attached hydrogen (secondary N) is 1. The lowest BCUT2D eigenvalue weighted by Gasteiger charge is -2.26. The van der Waals surface area contributed by atoms with E-state index in [2.05, 4.69) is 16.6 Å². The van der Waals surface area contributed by atoms with Gasteiger partial charge in [0.05, 0.1) is 0 Å². The lowest BCUT2D eigenvalue weighted by atomic mass is 10.1. The average Bonchev–Trinajstić information content (AvgIpc) is 3.11. The fourth-order valence-electron chi connectivity index (χ4n) is 3.34. The van der Waals surface area contributed by atoms with Crippen molar-refractivity contribution in [3.8, 4) is 12.0 Å². The Morgan fingerprint density at radius 3 is 2.75 bits per heavy atom. The number of carbonyl (C=O) groups is 2. The van der Waals surface area contributed by atoms with Crippen LogP contribution in [-0.4, -0.2) is 22.8 Å². The van der Waals surface area contributed by atoms with Gasteiger partial charge in [-0.25, -0.2) is 0 Å². The molecule has 0 saturated carbocycles. The summed E-state index contributed by atoms with van der Waals surface area (Å²) in [5.74, 6) is 0.188. The second kappa shape index (κ2) is 11.9. The van der Waals surface area contributed by atoms with Gasteiger partial charge in [0.25, 0.3) is 12.2 Å². The third-order valence-corrected chi connectivity index (χ3v) is 5.44. The molecule has 7 nitrogen and oxygen atoms in total. The van der Waals surface area contributed by atoms with E-state index in [0.717, 1.165) is 23.1 Å². The summed E-state index contributed by atoms with van der Waals surface area (Å²) in [5, 5.41) is 11.4. The molecule has 8 heteroatoms. The Morgan fingerprint density at radius 2 is 2.16 bits per heavy atom. The zero-order valence-electron chi connectivity index (χ0n) is 18.2. The van der Waals surface area contributed by atoms with Crippen LogP contribution in [0, 0.1) is 18.4 Å². The normalized spacial score (nSPS) is 12.7. The van der Waals surface area contributed by atoms with Crippen molar-refractivity contribution in [2.75, 3.05) is 0 Å². The molecule has 1 unspecified atom stereocenters. The molecule has 0 saturated heterocycles. The van der Waals surface area contributed by atoms with Gasteiger partial charge in [-0.2, -0.15) is 0 Å². The summed E-state index contributed by atoms with van der Waals surface area (Å²) in [7, 11) is 0. The van der Waals surface area contributed by atoms with E-state index < -0.39 is 6.04 Å². The molecule has 2 amide bonds. The summed E-state index contributed by atoms with van der Waals surface area (Å²) >= 11 is 5.76. The van der Waals surface area contributed by atoms with Crippen molar-refractivity contribution >= 4 is 23.4 Å². The highest BCUT2D eigenvalue weighted by Crippen LogP contribution is 2.27. The smallest absolute Gasteiger partial charge is 0.292 e. The molecule has 0 radical (unpaired) electrons. The van der Waals surface area contributed by atoms with Gasteiger partial charge in [-0.15, -0.1) is 5.26 Å². The van der Waals surface area contributed by atoms with Crippen LogP contribution in [0.4, 0.5) is 0 Å². The molecule has 2 aromatic rings. The monoisotopic (exact) mass is 454 g/mol. The minimum absolute atomic E-state index is 0.0991. The standard InChI is InChI=1S/C16H21N3O2.C8H6ClNO/c1-3-5-14(15(20)18-4-2)19-10-12-7-6-11(9-17)8-13(12)16(19)21;1-6-2-3-7(11-5-10)4-8(6)9/h4,6-8,14H,2-3,5,9-10,17H2,1H3,(H,18,20);2-4H,1H3. The molecular formula is C24H27ClN4O3. The SMILES string of the molecule is C=CNC(=O)C(CCC)N1Cc2ccc(CN)cc2C1=O.Cc1ccc(OC#N)cc1Cl. The van der Waals surface area contributed by atoms with Gasteiger partial charge in [0.2, 0.25) is 5.91 Å². The Kier molecular flexibility index (Phi) is 9.26. The third-order valence-electron chi connectivity index (χ3n) is 5.03. The van der Waals surface area contributed by atoms with Crippen molar-refractivity contribution in [1.82, 2.24) is 10.2 Å². The van der Waals surface area contributed by atoms with E-state index >= 15 is 0 Å². The highest BCUT2D eigenvalue weighted by atomic mass is 35.5. The number of amides is 2. The van der Waals surface area contributed by atoms with Gasteiger partial charge in [-0.3, -0.25) is 9.59 Å². The van der Waals surface area contributed by atoms with Gasteiger partial charge < -0.3 is 20.7 Å². The molecule has 168 valence electrons. The highest BCUT2D eigenvalue weighted by molar-refractivity contribution is 6.31. The van der Waals surface area contributed by atoms with Gasteiger partial charge in [0.15, 0.2) is 0 Å². The number of rotatable bonds is 7. The van der Waals surface area contributed by atoms with Crippen molar-refractivity contribution in [1.29, 1.82) is 5.26 Å². The van der Waals surface area contributed by atoms with Gasteiger partial charge in [0, 0.05) is 29.7 Å². The number of nitrogens with two attached hydrogens (primary N) is 1. The number of ether oxygens (including phenoxy) is 1. The van der Waals surface area contributed by atoms with Gasteiger partial charge in [-0.05, 0) is 48.4 Å². The summed E-state index contributed by atoms with van der Waals surface area (Å²) in [5.41, 5.74) is 9.12. The largest absolute Gasteiger partial charge is 0.388 e. The molecule has 32 heavy (non-hydrogen) atoms. The molecule has 1 atom stereocenters. The Morgan fingerprint density at radius 1 is 1.41 bits per heavy atom. The first-order valence-corrected chi connectivity index (χ1v) is 10.6. The number of nitrogens with zero attached hydrogens (tertiary/aromatic N) is 2. The predicted molar refractivity (Wildman–Crippen MR) is 124 cm³/mol. The van der Waals surface area contributed by atoms with Crippen LogP contribution >= 0.6 is 11.6 Å². The highest BCUT2D eigenvalue weighted by Gasteiger charge is 2.35. The molecule has 3 N–H and O–H groups in total. The lowest BCUT2D eigenvalue weighted by Crippen LogP contribution is -2.45. The summed E-state index contributed by atoms with van der Waals surface area (Å²) in [4.78, 5) is 26.3. The fourth-order valence-corrected chi connectivity index (χ4v) is 3.51. The minimum Gasteiger partial charge on any atom is -0.388 e. The van der Waals surface area contributed by atoms with Crippen molar-refractivity contribution < 1.29 is 14.3 Å². The number of aryl methyl sites for hydroxylation is 1. The predicted octanol–water partition coefficient (Wildman–Crippen LogP) is 4.04. The van der Waals surface area contributed by atoms with Crippen LogP contribution in [0.2, 0.25) is 5.02 Å². The second-order valence-electron chi connectivity index (χ2n) is 7.25. The van der Waals surface area contributed by atoms with Crippen LogP contribution in [0.15, 0.2) is 49.2 Å². The topological polar surface area (TPSA) is 108 Å². The number of hydrogen-bond donors (Lipinski definition) is 2. The zero-order valence-corrected chi connectivity index (χ0v) is 19.0. The first kappa shape index (κ1) is 24.9. The van der Waals surface area contributed by atoms with Gasteiger partial charge >= 0.3 is 0 Å². The van der Waals surface area contributed by atoms with Crippen LogP contribution in [0.5, 0.6) is 5.75 Å². The van der Waals surface area contributed by atoms with Crippen LogP contribution in [0.25, 0.3) is 0 Å². The molecular weight excluding hydrogens is 428 g/mol. The van der Waals surface area contributed by atoms with Crippen LogP contribution in [0.3, 0.4) is 0 Å². The molecule has 1 aliphatic heterocycles. The van der Waals surface area contributed by atoms with Crippen molar-refractivity contribution in [2.45, 2.75) is 45.8 Å². The first-order chi connectivity index (χ1) is 15.4. The third kappa shape index (κ3) is 6.10. The quantitative estimate of drug-likeness (QED) is 0.614. The maximum atomic E-state index is 12.6. The number of benzene rings is 2. The molecule has 2 aromatic carbocycles. The van der Waals surface area contributed by atoms with Crippen LogP contribution < -0.4 is 15.8 Å². The molecule has 0 spiro atoms. The number of hydrogen-bond acceptors (Lipinski definition) is 5. The van der Waals surface area contributed by atoms with Crippen molar-refractivity contribution in [2.24, 2.45) is 5.73 Å². The fraction of sp³-hybridized carbons (Fsp3) is 0.292. The molecule has 0 bridgehead atoms. The van der Waals surface area contributed by atoms with E-state index in [1.807, 2.05) is 32.0 Å². The minimum atomic E-state index is -0.464. The van der Waals surface area contributed by atoms with E-state index in [9.17, 15) is 9.59 Å². The van der Waals surface area contributed by atoms with Crippen LogP contribution in [0.1, 0.15) is 46.8 Å². The Labute approximate surface area is 193 Å². The Hall–Kier alpha value is -3.34. The first-order valence-electron chi connectivity index (χ1n) is 10.2. The summed E-state index contributed by atoms with van der Waals surface area (Å²) < 4.78 is 4.56. The van der Waals surface area contributed by atoms with Gasteiger partial charge in [-0.1, -0.05) is 49.7 Å². The van der Waals surface area contributed by atoms with Crippen molar-refractivity contribution in [3.63, 3.8) is 0 Å². The summed E-state index contributed by atoms with van der Waals surface area (Å²) in [6.07, 6.45) is 4.38. The average molecular weight is 455 g/mol. The summed E-state index contributed by atoms with van der Waals surface area (Å²) in [6, 6.07) is 10.3. The maximum Gasteiger partial charge on any atom is 0.292 e. The molecule has 0 fully saturated rings. The molecule has 1 aliphatic rings.